The van der Waals surface area contributed by atoms with Crippen LogP contribution in [-0.2, 0) is 17.8 Å². The van der Waals surface area contributed by atoms with Crippen LogP contribution in [0.25, 0.3) is 0 Å². The van der Waals surface area contributed by atoms with Gasteiger partial charge in [-0.15, -0.1) is 11.3 Å². The van der Waals surface area contributed by atoms with Crippen LogP contribution < -0.4 is 10.1 Å². The minimum atomic E-state index is 0.123. The zero-order valence-electron chi connectivity index (χ0n) is 13.7. The van der Waals surface area contributed by atoms with E-state index in [0.717, 1.165) is 41.4 Å². The number of pyridine rings is 1. The number of nitrogens with zero attached hydrogens (tertiary/aromatic N) is 2. The molecule has 6 heteroatoms. The van der Waals surface area contributed by atoms with Gasteiger partial charge in [0.05, 0.1) is 11.9 Å². The lowest BCUT2D eigenvalue weighted by molar-refractivity contribution is -0.121. The first-order valence-electron chi connectivity index (χ1n) is 7.93. The Kier molecular flexibility index (Phi) is 7.00. The van der Waals surface area contributed by atoms with Crippen LogP contribution in [0.15, 0.2) is 23.7 Å². The minimum absolute atomic E-state index is 0.123. The van der Waals surface area contributed by atoms with Gasteiger partial charge in [-0.2, -0.15) is 0 Å². The molecule has 0 atom stereocenters. The number of ether oxygens (including phenoxy) is 1. The molecule has 0 spiro atoms. The molecule has 0 aliphatic rings. The number of amides is 1. The summed E-state index contributed by atoms with van der Waals surface area (Å²) in [6, 6.07) is 3.83. The van der Waals surface area contributed by atoms with Gasteiger partial charge in [0.2, 0.25) is 5.91 Å². The number of rotatable bonds is 9. The van der Waals surface area contributed by atoms with Crippen molar-refractivity contribution in [3.63, 3.8) is 0 Å². The van der Waals surface area contributed by atoms with E-state index in [-0.39, 0.29) is 5.91 Å². The second-order valence-electron chi connectivity index (χ2n) is 5.36. The van der Waals surface area contributed by atoms with Crippen LogP contribution in [0.4, 0.5) is 0 Å². The lowest BCUT2D eigenvalue weighted by Crippen LogP contribution is -2.25. The van der Waals surface area contributed by atoms with E-state index < -0.39 is 0 Å². The molecule has 0 aliphatic carbocycles. The Bertz CT molecular complexity index is 611. The van der Waals surface area contributed by atoms with Gasteiger partial charge in [0, 0.05) is 30.5 Å². The van der Waals surface area contributed by atoms with Crippen LogP contribution in [0.5, 0.6) is 5.75 Å². The van der Waals surface area contributed by atoms with Crippen molar-refractivity contribution in [2.75, 3.05) is 6.54 Å². The Morgan fingerprint density at radius 1 is 1.39 bits per heavy atom. The summed E-state index contributed by atoms with van der Waals surface area (Å²) in [5.41, 5.74) is 1.96. The summed E-state index contributed by atoms with van der Waals surface area (Å²) in [4.78, 5) is 20.2. The highest BCUT2D eigenvalue weighted by molar-refractivity contribution is 7.09. The van der Waals surface area contributed by atoms with Crippen molar-refractivity contribution in [2.24, 2.45) is 0 Å². The summed E-state index contributed by atoms with van der Waals surface area (Å²) >= 11 is 1.58. The summed E-state index contributed by atoms with van der Waals surface area (Å²) in [6.07, 6.45) is 5.06. The van der Waals surface area contributed by atoms with E-state index in [1.165, 1.54) is 0 Å². The van der Waals surface area contributed by atoms with Crippen LogP contribution in [0, 0.1) is 6.92 Å². The van der Waals surface area contributed by atoms with E-state index in [2.05, 4.69) is 22.2 Å². The third kappa shape index (κ3) is 6.36. The number of thiazole rings is 1. The van der Waals surface area contributed by atoms with E-state index >= 15 is 0 Å². The number of hydrogen-bond acceptors (Lipinski definition) is 5. The number of nitrogens with one attached hydrogen (secondary N) is 1. The molecule has 0 radical (unpaired) electrons. The van der Waals surface area contributed by atoms with Gasteiger partial charge in [0.15, 0.2) is 0 Å². The molecule has 2 aromatic rings. The molecule has 1 N–H and O–H groups in total. The molecule has 0 aliphatic heterocycles. The fraction of sp³-hybridized carbons (Fsp3) is 0.471. The highest BCUT2D eigenvalue weighted by Gasteiger charge is 2.05. The van der Waals surface area contributed by atoms with Crippen molar-refractivity contribution in [1.82, 2.24) is 15.3 Å². The van der Waals surface area contributed by atoms with Gasteiger partial charge in [-0.1, -0.05) is 13.3 Å². The zero-order chi connectivity index (χ0) is 16.5. The second kappa shape index (κ2) is 9.25. The number of carbonyl (C=O) groups is 1. The molecule has 1 amide bonds. The van der Waals surface area contributed by atoms with Crippen molar-refractivity contribution in [3.8, 4) is 5.75 Å². The molecular weight excluding hydrogens is 310 g/mol. The summed E-state index contributed by atoms with van der Waals surface area (Å²) in [7, 11) is 0. The first-order chi connectivity index (χ1) is 11.2. The highest BCUT2D eigenvalue weighted by Crippen LogP contribution is 2.15. The van der Waals surface area contributed by atoms with E-state index in [0.29, 0.717) is 19.6 Å². The predicted molar refractivity (Wildman–Crippen MR) is 91.7 cm³/mol. The van der Waals surface area contributed by atoms with Crippen LogP contribution in [0.2, 0.25) is 0 Å². The Labute approximate surface area is 141 Å². The highest BCUT2D eigenvalue weighted by atomic mass is 32.1. The lowest BCUT2D eigenvalue weighted by atomic mass is 10.2. The van der Waals surface area contributed by atoms with Gasteiger partial charge in [-0.05, 0) is 25.5 Å². The number of hydrogen-bond donors (Lipinski definition) is 1. The molecule has 23 heavy (non-hydrogen) atoms. The molecule has 2 rings (SSSR count). The molecule has 0 saturated heterocycles. The van der Waals surface area contributed by atoms with Gasteiger partial charge in [-0.3, -0.25) is 9.78 Å². The Balaban J connectivity index is 1.70. The van der Waals surface area contributed by atoms with Crippen LogP contribution in [-0.4, -0.2) is 22.4 Å². The third-order valence-electron chi connectivity index (χ3n) is 3.31. The summed E-state index contributed by atoms with van der Waals surface area (Å²) in [5.74, 6) is 0.869. The van der Waals surface area contributed by atoms with Crippen molar-refractivity contribution in [1.29, 1.82) is 0 Å². The summed E-state index contributed by atoms with van der Waals surface area (Å²) in [6.45, 7) is 5.10. The predicted octanol–water partition coefficient (Wildman–Crippen LogP) is 3.27. The molecule has 124 valence electrons. The molecule has 0 fully saturated rings. The fourth-order valence-electron chi connectivity index (χ4n) is 1.97. The van der Waals surface area contributed by atoms with Crippen LogP contribution >= 0.6 is 11.3 Å². The molecular formula is C17H23N3O2S. The Morgan fingerprint density at radius 2 is 2.26 bits per heavy atom. The molecule has 2 heterocycles. The van der Waals surface area contributed by atoms with Crippen molar-refractivity contribution in [3.05, 3.63) is 40.1 Å². The smallest absolute Gasteiger partial charge is 0.220 e. The molecule has 2 aromatic heterocycles. The third-order valence-corrected chi connectivity index (χ3v) is 4.18. The van der Waals surface area contributed by atoms with Crippen molar-refractivity contribution >= 4 is 17.2 Å². The second-order valence-corrected chi connectivity index (χ2v) is 6.30. The van der Waals surface area contributed by atoms with E-state index in [1.807, 2.05) is 24.4 Å². The summed E-state index contributed by atoms with van der Waals surface area (Å²) < 4.78 is 5.66. The lowest BCUT2D eigenvalue weighted by Gasteiger charge is -2.04. The first-order valence-corrected chi connectivity index (χ1v) is 8.80. The van der Waals surface area contributed by atoms with Gasteiger partial charge >= 0.3 is 0 Å². The van der Waals surface area contributed by atoms with Gasteiger partial charge in [-0.25, -0.2) is 4.98 Å². The number of carbonyl (C=O) groups excluding carboxylic acids is 1. The van der Waals surface area contributed by atoms with Gasteiger partial charge in [0.25, 0.3) is 0 Å². The van der Waals surface area contributed by atoms with Gasteiger partial charge in [0.1, 0.15) is 17.4 Å². The monoisotopic (exact) mass is 333 g/mol. The minimum Gasteiger partial charge on any atom is -0.485 e. The molecule has 0 saturated carbocycles. The molecule has 5 nitrogen and oxygen atoms in total. The SMILES string of the molecule is CCCCC(=O)NCCc1csc(COc2ccc(C)nc2)n1. The van der Waals surface area contributed by atoms with Gasteiger partial charge < -0.3 is 10.1 Å². The zero-order valence-corrected chi connectivity index (χ0v) is 14.5. The average molecular weight is 333 g/mol. The van der Waals surface area contributed by atoms with Crippen LogP contribution in [0.3, 0.4) is 0 Å². The number of aromatic nitrogens is 2. The molecule has 0 aromatic carbocycles. The normalized spacial score (nSPS) is 10.5. The van der Waals surface area contributed by atoms with Crippen LogP contribution in [0.1, 0.15) is 42.6 Å². The summed E-state index contributed by atoms with van der Waals surface area (Å²) in [5, 5.41) is 5.87. The van der Waals surface area contributed by atoms with E-state index in [1.54, 1.807) is 17.5 Å². The van der Waals surface area contributed by atoms with E-state index in [9.17, 15) is 4.79 Å². The quantitative estimate of drug-likeness (QED) is 0.765. The maximum Gasteiger partial charge on any atom is 0.220 e. The maximum absolute atomic E-state index is 11.5. The molecule has 0 unspecified atom stereocenters. The van der Waals surface area contributed by atoms with E-state index in [4.69, 9.17) is 4.74 Å². The fourth-order valence-corrected chi connectivity index (χ4v) is 2.71. The average Bonchev–Trinajstić information content (AvgIpc) is 3.00. The van der Waals surface area contributed by atoms with Crippen molar-refractivity contribution < 1.29 is 9.53 Å². The number of unbranched alkanes of at least 4 members (excludes halogenated alkanes) is 1. The molecule has 0 bridgehead atoms. The maximum atomic E-state index is 11.5. The number of aryl methyl sites for hydroxylation is 1. The van der Waals surface area contributed by atoms with Crippen molar-refractivity contribution in [2.45, 2.75) is 46.1 Å². The first kappa shape index (κ1) is 17.4. The Hall–Kier alpha value is -1.95. The topological polar surface area (TPSA) is 64.1 Å². The Morgan fingerprint density at radius 3 is 3.00 bits per heavy atom. The largest absolute Gasteiger partial charge is 0.485 e. The standard InChI is InChI=1S/C17H23N3O2S/c1-3-4-5-16(21)18-9-8-14-12-23-17(20-14)11-22-15-7-6-13(2)19-10-15/h6-7,10,12H,3-5,8-9,11H2,1-2H3,(H,18,21).